The molecule has 146 valence electrons. The molecule has 0 aromatic carbocycles. The van der Waals surface area contributed by atoms with Gasteiger partial charge in [-0.2, -0.15) is 0 Å². The number of piperidine rings is 1. The molecule has 0 unspecified atom stereocenters. The van der Waals surface area contributed by atoms with Gasteiger partial charge in [0.05, 0.1) is 12.7 Å². The zero-order chi connectivity index (χ0) is 19.7. The van der Waals surface area contributed by atoms with Crippen LogP contribution in [0.15, 0.2) is 36.8 Å². The predicted molar refractivity (Wildman–Crippen MR) is 103 cm³/mol. The molecule has 1 amide bonds. The van der Waals surface area contributed by atoms with Crippen LogP contribution in [0.4, 0.5) is 10.2 Å². The number of nitrogens with two attached hydrogens (primary N) is 1. The smallest absolute Gasteiger partial charge is 0.236 e. The van der Waals surface area contributed by atoms with Gasteiger partial charge in [0.1, 0.15) is 23.0 Å². The second-order valence-corrected chi connectivity index (χ2v) is 6.91. The lowest BCUT2D eigenvalue weighted by atomic mass is 10.0. The third-order valence-corrected chi connectivity index (χ3v) is 5.17. The van der Waals surface area contributed by atoms with Gasteiger partial charge in [0, 0.05) is 38.6 Å². The van der Waals surface area contributed by atoms with Gasteiger partial charge in [-0.3, -0.25) is 9.20 Å². The Labute approximate surface area is 161 Å². The van der Waals surface area contributed by atoms with Gasteiger partial charge in [-0.05, 0) is 31.0 Å². The molecule has 1 fully saturated rings. The van der Waals surface area contributed by atoms with Crippen molar-refractivity contribution in [2.24, 2.45) is 5.73 Å². The van der Waals surface area contributed by atoms with Crippen molar-refractivity contribution in [2.45, 2.75) is 18.9 Å². The van der Waals surface area contributed by atoms with E-state index in [-0.39, 0.29) is 24.3 Å². The number of carbonyl (C=O) groups is 1. The number of nitrogens with zero attached hydrogens (tertiary/aromatic N) is 6. The number of fused-ring (bicyclic) bond motifs is 1. The molecule has 4 rings (SSSR count). The highest BCUT2D eigenvalue weighted by Gasteiger charge is 2.26. The van der Waals surface area contributed by atoms with Crippen molar-refractivity contribution >= 4 is 17.4 Å². The first-order chi connectivity index (χ1) is 13.6. The van der Waals surface area contributed by atoms with E-state index in [2.05, 4.69) is 19.9 Å². The SMILES string of the molecule is CN(c1ccnc(-c2cnc3ccc(F)cn23)n1)[C@@H]1CCCN(C(=O)CN)C1. The number of rotatable bonds is 4. The fraction of sp³-hybridized carbons (Fsp3) is 0.368. The number of carbonyl (C=O) groups excluding carboxylic acids is 1. The maximum Gasteiger partial charge on any atom is 0.236 e. The Hall–Kier alpha value is -3.07. The normalized spacial score (nSPS) is 17.1. The molecule has 0 radical (unpaired) electrons. The molecule has 9 heteroatoms. The zero-order valence-corrected chi connectivity index (χ0v) is 15.6. The summed E-state index contributed by atoms with van der Waals surface area (Å²) in [6.45, 7) is 1.38. The number of likely N-dealkylation sites (N-methyl/N-ethyl adjacent to an activating group) is 1. The lowest BCUT2D eigenvalue weighted by Gasteiger charge is -2.38. The molecule has 0 saturated carbocycles. The molecule has 3 aromatic rings. The number of pyridine rings is 1. The van der Waals surface area contributed by atoms with E-state index >= 15 is 0 Å². The highest BCUT2D eigenvalue weighted by Crippen LogP contribution is 2.23. The van der Waals surface area contributed by atoms with Gasteiger partial charge in [-0.15, -0.1) is 0 Å². The van der Waals surface area contributed by atoms with E-state index in [0.717, 1.165) is 25.2 Å². The number of halogens is 1. The summed E-state index contributed by atoms with van der Waals surface area (Å²) in [4.78, 5) is 29.1. The van der Waals surface area contributed by atoms with E-state index in [9.17, 15) is 9.18 Å². The Morgan fingerprint density at radius 3 is 3.04 bits per heavy atom. The van der Waals surface area contributed by atoms with E-state index < -0.39 is 0 Å². The summed E-state index contributed by atoms with van der Waals surface area (Å²) in [5, 5.41) is 0. The molecule has 0 aliphatic carbocycles. The molecule has 1 aliphatic heterocycles. The van der Waals surface area contributed by atoms with Gasteiger partial charge < -0.3 is 15.5 Å². The monoisotopic (exact) mass is 383 g/mol. The van der Waals surface area contributed by atoms with Crippen molar-refractivity contribution < 1.29 is 9.18 Å². The van der Waals surface area contributed by atoms with Crippen molar-refractivity contribution in [3.63, 3.8) is 0 Å². The van der Waals surface area contributed by atoms with Gasteiger partial charge >= 0.3 is 0 Å². The van der Waals surface area contributed by atoms with Crippen molar-refractivity contribution in [2.75, 3.05) is 31.6 Å². The van der Waals surface area contributed by atoms with Crippen LogP contribution in [-0.2, 0) is 4.79 Å². The molecule has 0 spiro atoms. The van der Waals surface area contributed by atoms with Crippen LogP contribution in [0.2, 0.25) is 0 Å². The number of imidazole rings is 1. The molecule has 1 saturated heterocycles. The number of hydrogen-bond acceptors (Lipinski definition) is 6. The largest absolute Gasteiger partial charge is 0.355 e. The summed E-state index contributed by atoms with van der Waals surface area (Å²) in [5.74, 6) is 0.817. The molecular formula is C19H22FN7O. The molecule has 1 aliphatic rings. The van der Waals surface area contributed by atoms with Crippen molar-refractivity contribution in [1.29, 1.82) is 0 Å². The van der Waals surface area contributed by atoms with Gasteiger partial charge in [0.2, 0.25) is 5.91 Å². The summed E-state index contributed by atoms with van der Waals surface area (Å²) in [5.41, 5.74) is 6.75. The first kappa shape index (κ1) is 18.3. The molecule has 28 heavy (non-hydrogen) atoms. The summed E-state index contributed by atoms with van der Waals surface area (Å²) in [7, 11) is 1.96. The van der Waals surface area contributed by atoms with Gasteiger partial charge in [0.15, 0.2) is 5.82 Å². The van der Waals surface area contributed by atoms with Crippen molar-refractivity contribution in [1.82, 2.24) is 24.3 Å². The average molecular weight is 383 g/mol. The molecule has 0 bridgehead atoms. The summed E-state index contributed by atoms with van der Waals surface area (Å²) < 4.78 is 15.3. The Kier molecular flexibility index (Phi) is 4.91. The summed E-state index contributed by atoms with van der Waals surface area (Å²) >= 11 is 0. The van der Waals surface area contributed by atoms with E-state index in [0.29, 0.717) is 23.7 Å². The van der Waals surface area contributed by atoms with Crippen molar-refractivity contribution in [3.8, 4) is 11.5 Å². The topological polar surface area (TPSA) is 92.7 Å². The lowest BCUT2D eigenvalue weighted by molar-refractivity contribution is -0.130. The quantitative estimate of drug-likeness (QED) is 0.730. The van der Waals surface area contributed by atoms with Gasteiger partial charge in [-0.25, -0.2) is 19.3 Å². The second-order valence-electron chi connectivity index (χ2n) is 6.91. The van der Waals surface area contributed by atoms with Crippen LogP contribution in [0.1, 0.15) is 12.8 Å². The van der Waals surface area contributed by atoms with Crippen LogP contribution in [0.5, 0.6) is 0 Å². The number of hydrogen-bond donors (Lipinski definition) is 1. The van der Waals surface area contributed by atoms with Crippen LogP contribution >= 0.6 is 0 Å². The maximum atomic E-state index is 13.7. The van der Waals surface area contributed by atoms with E-state index in [4.69, 9.17) is 5.73 Å². The van der Waals surface area contributed by atoms with Crippen LogP contribution in [0.25, 0.3) is 17.2 Å². The number of amides is 1. The molecule has 4 heterocycles. The number of anilines is 1. The van der Waals surface area contributed by atoms with E-state index in [1.165, 1.54) is 12.3 Å². The highest BCUT2D eigenvalue weighted by molar-refractivity contribution is 5.78. The zero-order valence-electron chi connectivity index (χ0n) is 15.6. The van der Waals surface area contributed by atoms with E-state index in [1.54, 1.807) is 27.8 Å². The third-order valence-electron chi connectivity index (χ3n) is 5.17. The minimum Gasteiger partial charge on any atom is -0.355 e. The molecule has 2 N–H and O–H groups in total. The molecule has 3 aromatic heterocycles. The standard InChI is InChI=1S/C19H22FN7O/c1-25(14-3-2-8-26(12-14)18(28)9-21)17-6-7-22-19(24-17)15-10-23-16-5-4-13(20)11-27(15)16/h4-7,10-11,14H,2-3,8-9,12,21H2,1H3/t14-/m1/s1. The third kappa shape index (κ3) is 3.40. The lowest BCUT2D eigenvalue weighted by Crippen LogP contribution is -2.50. The first-order valence-corrected chi connectivity index (χ1v) is 9.23. The van der Waals surface area contributed by atoms with Crippen LogP contribution in [0, 0.1) is 5.82 Å². The van der Waals surface area contributed by atoms with Crippen LogP contribution < -0.4 is 10.6 Å². The second kappa shape index (κ2) is 7.51. The Morgan fingerprint density at radius 2 is 2.21 bits per heavy atom. The van der Waals surface area contributed by atoms with Gasteiger partial charge in [-0.1, -0.05) is 0 Å². The first-order valence-electron chi connectivity index (χ1n) is 9.23. The van der Waals surface area contributed by atoms with Crippen molar-refractivity contribution in [3.05, 3.63) is 42.6 Å². The fourth-order valence-corrected chi connectivity index (χ4v) is 3.60. The number of aromatic nitrogens is 4. The predicted octanol–water partition coefficient (Wildman–Crippen LogP) is 1.32. The minimum atomic E-state index is -0.355. The summed E-state index contributed by atoms with van der Waals surface area (Å²) in [6.07, 6.45) is 6.57. The minimum absolute atomic E-state index is 0.0267. The van der Waals surface area contributed by atoms with E-state index in [1.807, 2.05) is 13.1 Å². The summed E-state index contributed by atoms with van der Waals surface area (Å²) in [6, 6.07) is 4.96. The highest BCUT2D eigenvalue weighted by atomic mass is 19.1. The Morgan fingerprint density at radius 1 is 1.36 bits per heavy atom. The Balaban J connectivity index is 1.61. The number of likely N-dealkylation sites (tertiary alicyclic amines) is 1. The fourth-order valence-electron chi connectivity index (χ4n) is 3.60. The molecular weight excluding hydrogens is 361 g/mol. The molecule has 8 nitrogen and oxygen atoms in total. The van der Waals surface area contributed by atoms with Crippen LogP contribution in [0.3, 0.4) is 0 Å². The Bertz CT molecular complexity index is 1000. The average Bonchev–Trinajstić information content (AvgIpc) is 3.15. The maximum absolute atomic E-state index is 13.7. The van der Waals surface area contributed by atoms with Crippen LogP contribution in [-0.4, -0.2) is 62.9 Å². The van der Waals surface area contributed by atoms with Gasteiger partial charge in [0.25, 0.3) is 0 Å². The molecule has 1 atom stereocenters.